The molecule has 1 amide bonds. The average Bonchev–Trinajstić information content (AvgIpc) is 2.65. The second kappa shape index (κ2) is 8.12. The third-order valence-corrected chi connectivity index (χ3v) is 6.26. The molecule has 0 atom stereocenters. The molecular formula is C19H14BrClN2O3S. The Morgan fingerprint density at radius 1 is 0.926 bits per heavy atom. The first-order valence-electron chi connectivity index (χ1n) is 7.80. The van der Waals surface area contributed by atoms with Gasteiger partial charge in [0, 0.05) is 10.2 Å². The predicted molar refractivity (Wildman–Crippen MR) is 111 cm³/mol. The fourth-order valence-corrected chi connectivity index (χ4v) is 3.87. The monoisotopic (exact) mass is 464 g/mol. The minimum absolute atomic E-state index is 0.111. The molecule has 0 aliphatic carbocycles. The van der Waals surface area contributed by atoms with Crippen molar-refractivity contribution in [2.24, 2.45) is 0 Å². The number of benzene rings is 3. The molecule has 8 heteroatoms. The van der Waals surface area contributed by atoms with Crippen molar-refractivity contribution >= 4 is 54.8 Å². The molecule has 0 unspecified atom stereocenters. The molecule has 3 rings (SSSR count). The third kappa shape index (κ3) is 4.68. The maximum atomic E-state index is 12.7. The second-order valence-electron chi connectivity index (χ2n) is 5.55. The van der Waals surface area contributed by atoms with E-state index in [-0.39, 0.29) is 16.1 Å². The maximum Gasteiger partial charge on any atom is 0.261 e. The van der Waals surface area contributed by atoms with Crippen LogP contribution in [0.5, 0.6) is 0 Å². The first-order chi connectivity index (χ1) is 12.9. The van der Waals surface area contributed by atoms with E-state index in [1.54, 1.807) is 54.6 Å². The fraction of sp³-hybridized carbons (Fsp3) is 0. The minimum Gasteiger partial charge on any atom is -0.322 e. The number of hydrogen-bond acceptors (Lipinski definition) is 3. The van der Waals surface area contributed by atoms with E-state index in [2.05, 4.69) is 26.0 Å². The zero-order valence-corrected chi connectivity index (χ0v) is 17.0. The van der Waals surface area contributed by atoms with Crippen LogP contribution in [0.3, 0.4) is 0 Å². The van der Waals surface area contributed by atoms with Crippen LogP contribution in [0, 0.1) is 0 Å². The third-order valence-electron chi connectivity index (χ3n) is 3.65. The van der Waals surface area contributed by atoms with Gasteiger partial charge < -0.3 is 5.32 Å². The van der Waals surface area contributed by atoms with Gasteiger partial charge >= 0.3 is 0 Å². The quantitative estimate of drug-likeness (QED) is 0.547. The van der Waals surface area contributed by atoms with Crippen LogP contribution in [0.2, 0.25) is 5.02 Å². The van der Waals surface area contributed by atoms with Gasteiger partial charge in [-0.3, -0.25) is 9.52 Å². The van der Waals surface area contributed by atoms with E-state index in [0.717, 1.165) is 0 Å². The van der Waals surface area contributed by atoms with Crippen LogP contribution < -0.4 is 10.0 Å². The Labute approximate surface area is 170 Å². The maximum absolute atomic E-state index is 12.7. The predicted octanol–water partition coefficient (Wildman–Crippen LogP) is 5.16. The van der Waals surface area contributed by atoms with E-state index in [1.165, 1.54) is 18.2 Å². The van der Waals surface area contributed by atoms with E-state index >= 15 is 0 Å². The highest BCUT2D eigenvalue weighted by molar-refractivity contribution is 9.10. The number of nitrogens with one attached hydrogen (secondary N) is 2. The first-order valence-corrected chi connectivity index (χ1v) is 10.5. The second-order valence-corrected chi connectivity index (χ2v) is 8.49. The Morgan fingerprint density at radius 3 is 2.30 bits per heavy atom. The van der Waals surface area contributed by atoms with Crippen LogP contribution >= 0.6 is 27.5 Å². The molecule has 3 aromatic carbocycles. The van der Waals surface area contributed by atoms with Crippen LogP contribution in [0.25, 0.3) is 0 Å². The molecule has 0 aliphatic heterocycles. The van der Waals surface area contributed by atoms with Gasteiger partial charge in [-0.2, -0.15) is 0 Å². The van der Waals surface area contributed by atoms with Gasteiger partial charge in [0.05, 0.1) is 21.2 Å². The van der Waals surface area contributed by atoms with Crippen LogP contribution in [-0.4, -0.2) is 14.3 Å². The number of amides is 1. The molecule has 0 aromatic heterocycles. The summed E-state index contributed by atoms with van der Waals surface area (Å²) >= 11 is 9.33. The smallest absolute Gasteiger partial charge is 0.261 e. The van der Waals surface area contributed by atoms with Crippen LogP contribution in [-0.2, 0) is 10.0 Å². The number of carbonyl (C=O) groups is 1. The summed E-state index contributed by atoms with van der Waals surface area (Å²) in [4.78, 5) is 12.8. The Hall–Kier alpha value is -2.35. The molecule has 0 bridgehead atoms. The lowest BCUT2D eigenvalue weighted by molar-refractivity contribution is 0.102. The van der Waals surface area contributed by atoms with Gasteiger partial charge in [0.25, 0.3) is 15.9 Å². The van der Waals surface area contributed by atoms with Crippen molar-refractivity contribution in [2.75, 3.05) is 10.0 Å². The van der Waals surface area contributed by atoms with Crippen LogP contribution in [0.15, 0.2) is 82.2 Å². The number of para-hydroxylation sites is 1. The number of hydrogen-bond donors (Lipinski definition) is 2. The van der Waals surface area contributed by atoms with E-state index in [4.69, 9.17) is 11.6 Å². The molecule has 0 radical (unpaired) electrons. The molecule has 2 N–H and O–H groups in total. The van der Waals surface area contributed by atoms with Crippen molar-refractivity contribution in [1.29, 1.82) is 0 Å². The Morgan fingerprint density at radius 2 is 1.59 bits per heavy atom. The number of sulfonamides is 1. The Bertz CT molecular complexity index is 1090. The minimum atomic E-state index is -3.81. The summed E-state index contributed by atoms with van der Waals surface area (Å²) < 4.78 is 28.3. The van der Waals surface area contributed by atoms with Crippen molar-refractivity contribution in [3.63, 3.8) is 0 Å². The molecule has 0 heterocycles. The van der Waals surface area contributed by atoms with Gasteiger partial charge in [-0.25, -0.2) is 8.42 Å². The highest BCUT2D eigenvalue weighted by Crippen LogP contribution is 2.27. The molecule has 0 fully saturated rings. The summed E-state index contributed by atoms with van der Waals surface area (Å²) in [5.74, 6) is -0.459. The first kappa shape index (κ1) is 19.4. The highest BCUT2D eigenvalue weighted by Gasteiger charge is 2.18. The number of anilines is 2. The average molecular weight is 466 g/mol. The van der Waals surface area contributed by atoms with E-state index in [9.17, 15) is 13.2 Å². The summed E-state index contributed by atoms with van der Waals surface area (Å²) in [5, 5.41) is 3.16. The summed E-state index contributed by atoms with van der Waals surface area (Å²) in [6.45, 7) is 0. The number of halogens is 2. The largest absolute Gasteiger partial charge is 0.322 e. The zero-order valence-electron chi connectivity index (χ0n) is 13.8. The lowest BCUT2D eigenvalue weighted by atomic mass is 10.1. The topological polar surface area (TPSA) is 75.3 Å². The van der Waals surface area contributed by atoms with Gasteiger partial charge in [0.2, 0.25) is 0 Å². The van der Waals surface area contributed by atoms with E-state index in [1.807, 2.05) is 0 Å². The summed E-state index contributed by atoms with van der Waals surface area (Å²) in [7, 11) is -3.81. The van der Waals surface area contributed by atoms with Gasteiger partial charge in [0.1, 0.15) is 0 Å². The molecule has 138 valence electrons. The number of rotatable bonds is 5. The molecule has 0 saturated heterocycles. The van der Waals surface area contributed by atoms with E-state index in [0.29, 0.717) is 15.2 Å². The van der Waals surface area contributed by atoms with Gasteiger partial charge in [0.15, 0.2) is 0 Å². The summed E-state index contributed by atoms with van der Waals surface area (Å²) in [6.07, 6.45) is 0. The lowest BCUT2D eigenvalue weighted by Gasteiger charge is -2.13. The molecule has 3 aromatic rings. The normalized spacial score (nSPS) is 11.0. The Balaban J connectivity index is 1.87. The molecular weight excluding hydrogens is 452 g/mol. The van der Waals surface area contributed by atoms with Crippen molar-refractivity contribution in [3.05, 3.63) is 87.9 Å². The standard InChI is InChI=1S/C19H14BrClN2O3S/c20-16-11-10-13(12-17(16)21)22-19(24)15-8-4-5-9-18(15)23-27(25,26)14-6-2-1-3-7-14/h1-12,23H,(H,22,24). The molecule has 27 heavy (non-hydrogen) atoms. The zero-order chi connectivity index (χ0) is 19.4. The SMILES string of the molecule is O=C(Nc1ccc(Br)c(Cl)c1)c1ccccc1NS(=O)(=O)c1ccccc1. The molecule has 0 saturated carbocycles. The van der Waals surface area contributed by atoms with Gasteiger partial charge in [-0.05, 0) is 58.4 Å². The van der Waals surface area contributed by atoms with E-state index < -0.39 is 15.9 Å². The van der Waals surface area contributed by atoms with Crippen molar-refractivity contribution in [3.8, 4) is 0 Å². The summed E-state index contributed by atoms with van der Waals surface area (Å²) in [6, 6.07) is 19.3. The molecule has 0 aliphatic rings. The molecule has 5 nitrogen and oxygen atoms in total. The summed E-state index contributed by atoms with van der Waals surface area (Å²) in [5.41, 5.74) is 0.868. The van der Waals surface area contributed by atoms with Gasteiger partial charge in [-0.15, -0.1) is 0 Å². The van der Waals surface area contributed by atoms with Crippen molar-refractivity contribution in [1.82, 2.24) is 0 Å². The Kier molecular flexibility index (Phi) is 5.84. The number of carbonyl (C=O) groups excluding carboxylic acids is 1. The molecule has 0 spiro atoms. The van der Waals surface area contributed by atoms with Crippen molar-refractivity contribution in [2.45, 2.75) is 4.90 Å². The highest BCUT2D eigenvalue weighted by atomic mass is 79.9. The van der Waals surface area contributed by atoms with Gasteiger partial charge in [-0.1, -0.05) is 41.9 Å². The van der Waals surface area contributed by atoms with Crippen LogP contribution in [0.4, 0.5) is 11.4 Å². The van der Waals surface area contributed by atoms with Crippen molar-refractivity contribution < 1.29 is 13.2 Å². The fourth-order valence-electron chi connectivity index (χ4n) is 2.35. The lowest BCUT2D eigenvalue weighted by Crippen LogP contribution is -2.18. The van der Waals surface area contributed by atoms with Crippen LogP contribution in [0.1, 0.15) is 10.4 Å².